The minimum atomic E-state index is -4.73. The van der Waals surface area contributed by atoms with Crippen molar-refractivity contribution in [3.8, 4) is 0 Å². The van der Waals surface area contributed by atoms with Crippen molar-refractivity contribution >= 4 is 21.6 Å². The lowest BCUT2D eigenvalue weighted by atomic mass is 9.94. The highest BCUT2D eigenvalue weighted by Crippen LogP contribution is 2.36. The van der Waals surface area contributed by atoms with Crippen molar-refractivity contribution in [1.82, 2.24) is 14.2 Å². The zero-order valence-electron chi connectivity index (χ0n) is 16.8. The summed E-state index contributed by atoms with van der Waals surface area (Å²) in [5.74, 6) is 1.31. The van der Waals surface area contributed by atoms with Crippen LogP contribution in [0.4, 0.5) is 13.2 Å². The Morgan fingerprint density at radius 3 is 2.30 bits per heavy atom. The predicted molar refractivity (Wildman–Crippen MR) is 106 cm³/mol. The highest BCUT2D eigenvalue weighted by Gasteiger charge is 2.36. The summed E-state index contributed by atoms with van der Waals surface area (Å²) in [7, 11) is -4.06. The molecule has 1 saturated heterocycles. The maximum absolute atomic E-state index is 13.1. The van der Waals surface area contributed by atoms with E-state index in [4.69, 9.17) is 16.0 Å². The summed E-state index contributed by atoms with van der Waals surface area (Å²) < 4.78 is 71.8. The monoisotopic (exact) mass is 465 g/mol. The number of hydrogen-bond acceptors (Lipinski definition) is 5. The van der Waals surface area contributed by atoms with E-state index in [1.807, 2.05) is 25.7 Å². The molecule has 0 amide bonds. The molecule has 1 aromatic heterocycles. The summed E-state index contributed by atoms with van der Waals surface area (Å²) in [6, 6.07) is 2.65. The van der Waals surface area contributed by atoms with E-state index < -0.39 is 31.7 Å². The van der Waals surface area contributed by atoms with Gasteiger partial charge in [-0.05, 0) is 18.2 Å². The zero-order valence-corrected chi connectivity index (χ0v) is 18.4. The molecule has 3 rings (SSSR count). The first-order chi connectivity index (χ1) is 13.8. The highest BCUT2D eigenvalue weighted by molar-refractivity contribution is 7.89. The van der Waals surface area contributed by atoms with Crippen LogP contribution in [-0.4, -0.2) is 48.8 Å². The predicted octanol–water partition coefficient (Wildman–Crippen LogP) is 4.15. The number of benzene rings is 1. The standard InChI is InChI=1S/C19H23ClF3N3O3S/c1-18(2,3)16-11-24-17(29-16)12-25-6-8-26(9-7-25)30(27,28)13-4-5-15(20)14(10-13)19(21,22)23/h4-5,10-11H,6-9,12H2,1-3H3. The molecular formula is C19H23ClF3N3O3S. The number of nitrogens with zero attached hydrogens (tertiary/aromatic N) is 3. The van der Waals surface area contributed by atoms with Crippen molar-refractivity contribution in [3.63, 3.8) is 0 Å². The Hall–Kier alpha value is -1.62. The number of alkyl halides is 3. The smallest absolute Gasteiger partial charge is 0.417 e. The molecule has 0 N–H and O–H groups in total. The van der Waals surface area contributed by atoms with Gasteiger partial charge in [0.15, 0.2) is 0 Å². The summed E-state index contributed by atoms with van der Waals surface area (Å²) in [5, 5.41) is -0.535. The molecule has 1 aliphatic rings. The van der Waals surface area contributed by atoms with Gasteiger partial charge in [-0.3, -0.25) is 4.90 Å². The molecule has 1 fully saturated rings. The number of aromatic nitrogens is 1. The van der Waals surface area contributed by atoms with Gasteiger partial charge in [0.25, 0.3) is 0 Å². The summed E-state index contributed by atoms with van der Waals surface area (Å²) >= 11 is 5.59. The molecule has 0 spiro atoms. The Kier molecular flexibility index (Phi) is 6.26. The molecular weight excluding hydrogens is 443 g/mol. The number of halogens is 4. The van der Waals surface area contributed by atoms with E-state index >= 15 is 0 Å². The van der Waals surface area contributed by atoms with Crippen LogP contribution in [0, 0.1) is 0 Å². The average Bonchev–Trinajstić information content (AvgIpc) is 3.10. The molecule has 11 heteroatoms. The van der Waals surface area contributed by atoms with Gasteiger partial charge in [-0.15, -0.1) is 0 Å². The SMILES string of the molecule is CC(C)(C)c1cnc(CN2CCN(S(=O)(=O)c3ccc(Cl)c(C(F)(F)F)c3)CC2)o1. The second kappa shape index (κ2) is 8.14. The van der Waals surface area contributed by atoms with Crippen LogP contribution in [0.3, 0.4) is 0 Å². The van der Waals surface area contributed by atoms with Crippen molar-refractivity contribution < 1.29 is 26.0 Å². The van der Waals surface area contributed by atoms with E-state index in [1.54, 1.807) is 6.20 Å². The van der Waals surface area contributed by atoms with Crippen LogP contribution in [0.5, 0.6) is 0 Å². The first-order valence-electron chi connectivity index (χ1n) is 9.33. The fourth-order valence-corrected chi connectivity index (χ4v) is 4.75. The molecule has 6 nitrogen and oxygen atoms in total. The molecule has 2 heterocycles. The van der Waals surface area contributed by atoms with Gasteiger partial charge in [-0.2, -0.15) is 17.5 Å². The van der Waals surface area contributed by atoms with E-state index in [0.29, 0.717) is 31.6 Å². The van der Waals surface area contributed by atoms with Crippen molar-refractivity contribution in [3.05, 3.63) is 46.6 Å². The summed E-state index contributed by atoms with van der Waals surface area (Å²) in [5.41, 5.74) is -1.33. The van der Waals surface area contributed by atoms with E-state index in [2.05, 4.69) is 4.98 Å². The third-order valence-electron chi connectivity index (χ3n) is 4.86. The third-order valence-corrected chi connectivity index (χ3v) is 7.09. The highest BCUT2D eigenvalue weighted by atomic mass is 35.5. The maximum atomic E-state index is 13.1. The fourth-order valence-electron chi connectivity index (χ4n) is 3.08. The molecule has 2 aromatic rings. The van der Waals surface area contributed by atoms with Gasteiger partial charge >= 0.3 is 6.18 Å². The minimum Gasteiger partial charge on any atom is -0.444 e. The molecule has 1 aliphatic heterocycles. The van der Waals surface area contributed by atoms with Gasteiger partial charge in [-0.1, -0.05) is 32.4 Å². The first kappa shape index (κ1) is 23.1. The van der Waals surface area contributed by atoms with E-state index in [9.17, 15) is 21.6 Å². The van der Waals surface area contributed by atoms with Crippen molar-refractivity contribution in [2.24, 2.45) is 0 Å². The number of hydrogen-bond donors (Lipinski definition) is 0. The lowest BCUT2D eigenvalue weighted by Crippen LogP contribution is -2.48. The lowest BCUT2D eigenvalue weighted by molar-refractivity contribution is -0.137. The molecule has 0 saturated carbocycles. The number of oxazole rings is 1. The van der Waals surface area contributed by atoms with Gasteiger partial charge in [-0.25, -0.2) is 13.4 Å². The normalized spacial score (nSPS) is 17.4. The van der Waals surface area contributed by atoms with Crippen molar-refractivity contribution in [2.75, 3.05) is 26.2 Å². The van der Waals surface area contributed by atoms with Gasteiger partial charge in [0.2, 0.25) is 15.9 Å². The van der Waals surface area contributed by atoms with Crippen LogP contribution in [0.1, 0.15) is 38.0 Å². The first-order valence-corrected chi connectivity index (χ1v) is 11.1. The molecule has 1 aromatic carbocycles. The van der Waals surface area contributed by atoms with Crippen LogP contribution in [0.15, 0.2) is 33.7 Å². The molecule has 0 bridgehead atoms. The largest absolute Gasteiger partial charge is 0.444 e. The second-order valence-electron chi connectivity index (χ2n) is 8.19. The Morgan fingerprint density at radius 2 is 1.77 bits per heavy atom. The van der Waals surface area contributed by atoms with Crippen LogP contribution in [0.25, 0.3) is 0 Å². The van der Waals surface area contributed by atoms with Crippen LogP contribution >= 0.6 is 11.6 Å². The zero-order chi connectivity index (χ0) is 22.3. The van der Waals surface area contributed by atoms with E-state index in [1.165, 1.54) is 4.31 Å². The van der Waals surface area contributed by atoms with Gasteiger partial charge in [0, 0.05) is 31.6 Å². The van der Waals surface area contributed by atoms with Crippen LogP contribution < -0.4 is 0 Å². The second-order valence-corrected chi connectivity index (χ2v) is 10.5. The number of sulfonamides is 1. The summed E-state index contributed by atoms with van der Waals surface area (Å²) in [6.07, 6.45) is -3.04. The van der Waals surface area contributed by atoms with Crippen molar-refractivity contribution in [1.29, 1.82) is 0 Å². The van der Waals surface area contributed by atoms with Crippen LogP contribution in [-0.2, 0) is 28.2 Å². The molecule has 30 heavy (non-hydrogen) atoms. The summed E-state index contributed by atoms with van der Waals surface area (Å²) in [6.45, 7) is 7.60. The lowest BCUT2D eigenvalue weighted by Gasteiger charge is -2.33. The van der Waals surface area contributed by atoms with Crippen molar-refractivity contribution in [2.45, 2.75) is 43.8 Å². The fraction of sp³-hybridized carbons (Fsp3) is 0.526. The topological polar surface area (TPSA) is 66.7 Å². The van der Waals surface area contributed by atoms with E-state index in [-0.39, 0.29) is 18.5 Å². The van der Waals surface area contributed by atoms with Crippen LogP contribution in [0.2, 0.25) is 5.02 Å². The Balaban J connectivity index is 1.68. The average molecular weight is 466 g/mol. The molecule has 0 aliphatic carbocycles. The summed E-state index contributed by atoms with van der Waals surface area (Å²) in [4.78, 5) is 5.85. The van der Waals surface area contributed by atoms with Gasteiger partial charge in [0.05, 0.1) is 28.2 Å². The third kappa shape index (κ3) is 4.99. The maximum Gasteiger partial charge on any atom is 0.417 e. The van der Waals surface area contributed by atoms with E-state index in [0.717, 1.165) is 17.9 Å². The quantitative estimate of drug-likeness (QED) is 0.678. The van der Waals surface area contributed by atoms with Gasteiger partial charge < -0.3 is 4.42 Å². The number of piperazine rings is 1. The molecule has 0 radical (unpaired) electrons. The Labute approximate surface area is 178 Å². The minimum absolute atomic E-state index is 0.152. The molecule has 0 unspecified atom stereocenters. The Bertz CT molecular complexity index is 1010. The molecule has 166 valence electrons. The Morgan fingerprint density at radius 1 is 1.13 bits per heavy atom. The van der Waals surface area contributed by atoms with Gasteiger partial charge in [0.1, 0.15) is 5.76 Å². The number of rotatable bonds is 4. The molecule has 0 atom stereocenters.